The summed E-state index contributed by atoms with van der Waals surface area (Å²) >= 11 is 3.28. The van der Waals surface area contributed by atoms with Gasteiger partial charge in [0.2, 0.25) is 0 Å². The van der Waals surface area contributed by atoms with E-state index >= 15 is 0 Å². The zero-order chi connectivity index (χ0) is 15.1. The molecule has 0 saturated heterocycles. The second-order valence-electron chi connectivity index (χ2n) is 6.12. The molecule has 2 aliphatic rings. The second kappa shape index (κ2) is 5.44. The molecule has 1 N–H and O–H groups in total. The van der Waals surface area contributed by atoms with Crippen LogP contribution in [0.25, 0.3) is 0 Å². The van der Waals surface area contributed by atoms with Gasteiger partial charge in [0.1, 0.15) is 0 Å². The number of carboxylic acids is 1. The molecule has 0 aliphatic heterocycles. The van der Waals surface area contributed by atoms with Crippen molar-refractivity contribution in [3.63, 3.8) is 0 Å². The van der Waals surface area contributed by atoms with Crippen molar-refractivity contribution in [3.8, 4) is 0 Å². The number of hydrogen-bond donors (Lipinski definition) is 1. The van der Waals surface area contributed by atoms with Crippen LogP contribution in [0.4, 0.5) is 0 Å². The van der Waals surface area contributed by atoms with Gasteiger partial charge >= 0.3 is 5.97 Å². The van der Waals surface area contributed by atoms with Crippen molar-refractivity contribution in [2.45, 2.75) is 31.7 Å². The number of carboxylic acid groups (broad SMARTS) is 1. The van der Waals surface area contributed by atoms with Crippen LogP contribution in [0.5, 0.6) is 0 Å². The van der Waals surface area contributed by atoms with Crippen molar-refractivity contribution in [1.82, 2.24) is 4.90 Å². The molecule has 1 aromatic carbocycles. The van der Waals surface area contributed by atoms with Crippen LogP contribution < -0.4 is 0 Å². The van der Waals surface area contributed by atoms with E-state index in [1.165, 1.54) is 37.8 Å². The van der Waals surface area contributed by atoms with Gasteiger partial charge in [-0.3, -0.25) is 4.79 Å². The van der Waals surface area contributed by atoms with Crippen LogP contribution in [0.3, 0.4) is 0 Å². The number of hydrogen-bond acceptors (Lipinski definition) is 2. The average molecular weight is 352 g/mol. The Morgan fingerprint density at radius 3 is 2.14 bits per heavy atom. The minimum atomic E-state index is -1.02. The summed E-state index contributed by atoms with van der Waals surface area (Å²) in [4.78, 5) is 25.6. The zero-order valence-corrected chi connectivity index (χ0v) is 13.5. The molecular formula is C16H18BrNO3. The summed E-state index contributed by atoms with van der Waals surface area (Å²) in [6, 6.07) is 4.99. The van der Waals surface area contributed by atoms with E-state index in [2.05, 4.69) is 15.9 Å². The highest BCUT2D eigenvalue weighted by Gasteiger charge is 2.45. The Morgan fingerprint density at radius 1 is 1.14 bits per heavy atom. The number of carbonyl (C=O) groups excluding carboxylic acids is 1. The van der Waals surface area contributed by atoms with E-state index in [0.29, 0.717) is 27.9 Å². The molecule has 0 bridgehead atoms. The van der Waals surface area contributed by atoms with Crippen LogP contribution >= 0.6 is 15.9 Å². The van der Waals surface area contributed by atoms with Gasteiger partial charge in [0.25, 0.3) is 5.91 Å². The SMILES string of the molecule is CN(C(=O)c1cc(Br)cc(C(=O)O)c1)C(C1CC1)C1CC1. The van der Waals surface area contributed by atoms with E-state index in [-0.39, 0.29) is 11.5 Å². The van der Waals surface area contributed by atoms with Crippen LogP contribution in [0, 0.1) is 11.8 Å². The van der Waals surface area contributed by atoms with E-state index in [4.69, 9.17) is 5.11 Å². The number of aromatic carboxylic acids is 1. The molecule has 0 radical (unpaired) electrons. The number of nitrogens with zero attached hydrogens (tertiary/aromatic N) is 1. The molecule has 2 fully saturated rings. The van der Waals surface area contributed by atoms with Crippen LogP contribution in [0.1, 0.15) is 46.4 Å². The Kier molecular flexibility index (Phi) is 3.78. The summed E-state index contributed by atoms with van der Waals surface area (Å²) in [5.74, 6) is 0.173. The predicted molar refractivity (Wildman–Crippen MR) is 82.4 cm³/mol. The summed E-state index contributed by atoms with van der Waals surface area (Å²) in [6.45, 7) is 0. The largest absolute Gasteiger partial charge is 0.478 e. The van der Waals surface area contributed by atoms with Gasteiger partial charge < -0.3 is 10.0 Å². The minimum absolute atomic E-state index is 0.0809. The summed E-state index contributed by atoms with van der Waals surface area (Å²) in [5.41, 5.74) is 0.575. The van der Waals surface area contributed by atoms with Crippen LogP contribution in [-0.2, 0) is 0 Å². The third kappa shape index (κ3) is 3.12. The number of halogens is 1. The predicted octanol–water partition coefficient (Wildman–Crippen LogP) is 3.41. The van der Waals surface area contributed by atoms with Gasteiger partial charge in [0.05, 0.1) is 5.56 Å². The molecule has 112 valence electrons. The highest BCUT2D eigenvalue weighted by atomic mass is 79.9. The molecule has 1 amide bonds. The van der Waals surface area contributed by atoms with Gasteiger partial charge in [0.15, 0.2) is 0 Å². The normalized spacial score (nSPS) is 17.9. The standard InChI is InChI=1S/C16H18BrNO3/c1-18(14(9-2-3-9)10-4-5-10)15(19)11-6-12(16(20)21)8-13(17)7-11/h6-10,14H,2-5H2,1H3,(H,20,21). The summed E-state index contributed by atoms with van der Waals surface area (Å²) in [5, 5.41) is 9.11. The minimum Gasteiger partial charge on any atom is -0.478 e. The fourth-order valence-corrected chi connectivity index (χ4v) is 3.56. The number of carbonyl (C=O) groups is 2. The van der Waals surface area contributed by atoms with E-state index in [1.54, 1.807) is 6.07 Å². The van der Waals surface area contributed by atoms with Crippen LogP contribution in [0.15, 0.2) is 22.7 Å². The van der Waals surface area contributed by atoms with Crippen molar-refractivity contribution >= 4 is 27.8 Å². The van der Waals surface area contributed by atoms with E-state index in [0.717, 1.165) is 0 Å². The summed E-state index contributed by atoms with van der Waals surface area (Å²) in [7, 11) is 1.85. The van der Waals surface area contributed by atoms with Crippen LogP contribution in [0.2, 0.25) is 0 Å². The maximum Gasteiger partial charge on any atom is 0.335 e. The van der Waals surface area contributed by atoms with Crippen molar-refractivity contribution in [2.75, 3.05) is 7.05 Å². The lowest BCUT2D eigenvalue weighted by molar-refractivity contribution is 0.0689. The topological polar surface area (TPSA) is 57.6 Å². The first-order valence-electron chi connectivity index (χ1n) is 7.28. The van der Waals surface area contributed by atoms with Crippen LogP contribution in [-0.4, -0.2) is 35.0 Å². The molecular weight excluding hydrogens is 334 g/mol. The van der Waals surface area contributed by atoms with Crippen molar-refractivity contribution in [2.24, 2.45) is 11.8 Å². The van der Waals surface area contributed by atoms with Gasteiger partial charge in [-0.05, 0) is 55.7 Å². The van der Waals surface area contributed by atoms with Crippen molar-refractivity contribution in [3.05, 3.63) is 33.8 Å². The summed E-state index contributed by atoms with van der Waals surface area (Å²) in [6.07, 6.45) is 4.82. The molecule has 0 spiro atoms. The van der Waals surface area contributed by atoms with Gasteiger partial charge in [-0.1, -0.05) is 15.9 Å². The Hall–Kier alpha value is -1.36. The van der Waals surface area contributed by atoms with E-state index in [9.17, 15) is 9.59 Å². The number of rotatable bonds is 5. The number of benzene rings is 1. The molecule has 0 atom stereocenters. The Balaban J connectivity index is 1.85. The molecule has 2 aliphatic carbocycles. The molecule has 0 heterocycles. The molecule has 5 heteroatoms. The van der Waals surface area contributed by atoms with Crippen molar-refractivity contribution < 1.29 is 14.7 Å². The highest BCUT2D eigenvalue weighted by Crippen LogP contribution is 2.47. The molecule has 21 heavy (non-hydrogen) atoms. The molecule has 0 unspecified atom stereocenters. The Bertz CT molecular complexity index is 581. The second-order valence-corrected chi connectivity index (χ2v) is 7.03. The fraction of sp³-hybridized carbons (Fsp3) is 0.500. The van der Waals surface area contributed by atoms with Gasteiger partial charge in [-0.25, -0.2) is 4.79 Å². The maximum absolute atomic E-state index is 12.7. The smallest absolute Gasteiger partial charge is 0.335 e. The lowest BCUT2D eigenvalue weighted by Gasteiger charge is -2.28. The van der Waals surface area contributed by atoms with Gasteiger partial charge in [0, 0.05) is 23.1 Å². The van der Waals surface area contributed by atoms with E-state index < -0.39 is 5.97 Å². The average Bonchev–Trinajstić information content (AvgIpc) is 3.31. The lowest BCUT2D eigenvalue weighted by Crippen LogP contribution is -2.40. The molecule has 0 aromatic heterocycles. The molecule has 4 nitrogen and oxygen atoms in total. The fourth-order valence-electron chi connectivity index (χ4n) is 3.07. The summed E-state index contributed by atoms with van der Waals surface area (Å²) < 4.78 is 0.619. The maximum atomic E-state index is 12.7. The third-order valence-corrected chi connectivity index (χ3v) is 4.83. The quantitative estimate of drug-likeness (QED) is 0.884. The van der Waals surface area contributed by atoms with Gasteiger partial charge in [-0.15, -0.1) is 0 Å². The highest BCUT2D eigenvalue weighted by molar-refractivity contribution is 9.10. The zero-order valence-electron chi connectivity index (χ0n) is 11.9. The molecule has 1 aromatic rings. The van der Waals surface area contributed by atoms with Gasteiger partial charge in [-0.2, -0.15) is 0 Å². The van der Waals surface area contributed by atoms with Crippen molar-refractivity contribution in [1.29, 1.82) is 0 Å². The first kappa shape index (κ1) is 14.6. The third-order valence-electron chi connectivity index (χ3n) is 4.37. The van der Waals surface area contributed by atoms with E-state index in [1.807, 2.05) is 11.9 Å². The molecule has 2 saturated carbocycles. The molecule has 3 rings (SSSR count). The number of amides is 1. The first-order chi connectivity index (χ1) is 9.97. The Labute approximate surface area is 132 Å². The first-order valence-corrected chi connectivity index (χ1v) is 8.07. The monoisotopic (exact) mass is 351 g/mol. The lowest BCUT2D eigenvalue weighted by atomic mass is 10.0. The Morgan fingerprint density at radius 2 is 1.67 bits per heavy atom.